The van der Waals surface area contributed by atoms with E-state index in [1.807, 2.05) is 30.0 Å². The highest BCUT2D eigenvalue weighted by molar-refractivity contribution is 9.11. The van der Waals surface area contributed by atoms with Gasteiger partial charge in [-0.3, -0.25) is 4.79 Å². The maximum absolute atomic E-state index is 12.1. The number of carbonyl (C=O) groups excluding carboxylic acids is 1. The summed E-state index contributed by atoms with van der Waals surface area (Å²) in [4.78, 5) is 12.1. The highest BCUT2D eigenvalue weighted by Crippen LogP contribution is 2.22. The Labute approximate surface area is 122 Å². The summed E-state index contributed by atoms with van der Waals surface area (Å²) in [5.74, 6) is 2.25. The predicted octanol–water partition coefficient (Wildman–Crippen LogP) is 3.84. The van der Waals surface area contributed by atoms with Crippen molar-refractivity contribution in [2.24, 2.45) is 0 Å². The summed E-state index contributed by atoms with van der Waals surface area (Å²) in [5, 5.41) is 3.09. The molecule has 1 amide bonds. The molecule has 1 aliphatic rings. The Morgan fingerprint density at radius 2 is 2.24 bits per heavy atom. The van der Waals surface area contributed by atoms with Gasteiger partial charge < -0.3 is 5.32 Å². The number of rotatable bonds is 2. The average molecular weight is 379 g/mol. The van der Waals surface area contributed by atoms with E-state index in [0.717, 1.165) is 21.1 Å². The van der Waals surface area contributed by atoms with Gasteiger partial charge in [0, 0.05) is 20.7 Å². The monoisotopic (exact) mass is 377 g/mol. The van der Waals surface area contributed by atoms with Crippen molar-refractivity contribution in [1.29, 1.82) is 0 Å². The van der Waals surface area contributed by atoms with Crippen LogP contribution in [0.4, 0.5) is 0 Å². The summed E-state index contributed by atoms with van der Waals surface area (Å²) < 4.78 is 1.76. The third kappa shape index (κ3) is 3.73. The summed E-state index contributed by atoms with van der Waals surface area (Å²) >= 11 is 8.71. The van der Waals surface area contributed by atoms with Crippen molar-refractivity contribution < 1.29 is 4.79 Å². The molecule has 5 heteroatoms. The molecule has 0 aromatic heterocycles. The first-order valence-electron chi connectivity index (χ1n) is 5.50. The van der Waals surface area contributed by atoms with Crippen molar-refractivity contribution in [3.63, 3.8) is 0 Å². The number of benzene rings is 1. The van der Waals surface area contributed by atoms with Crippen LogP contribution in [0.5, 0.6) is 0 Å². The summed E-state index contributed by atoms with van der Waals surface area (Å²) in [5.41, 5.74) is 0.690. The summed E-state index contributed by atoms with van der Waals surface area (Å²) in [7, 11) is 0. The highest BCUT2D eigenvalue weighted by atomic mass is 79.9. The van der Waals surface area contributed by atoms with Crippen molar-refractivity contribution in [1.82, 2.24) is 5.32 Å². The molecule has 1 unspecified atom stereocenters. The van der Waals surface area contributed by atoms with Crippen molar-refractivity contribution in [2.75, 3.05) is 11.5 Å². The highest BCUT2D eigenvalue weighted by Gasteiger charge is 2.18. The number of hydrogen-bond acceptors (Lipinski definition) is 2. The quantitative estimate of drug-likeness (QED) is 0.847. The van der Waals surface area contributed by atoms with Crippen molar-refractivity contribution >= 4 is 49.5 Å². The standard InChI is InChI=1S/C12H13Br2NOS/c13-8-3-4-11(14)10(6-8)12(16)15-9-2-1-5-17-7-9/h3-4,6,9H,1-2,5,7H2,(H,15,16). The molecule has 1 aromatic carbocycles. The third-order valence-electron chi connectivity index (χ3n) is 2.67. The van der Waals surface area contributed by atoms with Gasteiger partial charge in [0.15, 0.2) is 0 Å². The lowest BCUT2D eigenvalue weighted by Crippen LogP contribution is -2.38. The second-order valence-corrected chi connectivity index (χ2v) is 6.93. The predicted molar refractivity (Wildman–Crippen MR) is 79.7 cm³/mol. The smallest absolute Gasteiger partial charge is 0.252 e. The molecule has 1 fully saturated rings. The van der Waals surface area contributed by atoms with Crippen LogP contribution in [-0.2, 0) is 0 Å². The maximum atomic E-state index is 12.1. The molecule has 1 N–H and O–H groups in total. The van der Waals surface area contributed by atoms with Gasteiger partial charge in [-0.15, -0.1) is 0 Å². The lowest BCUT2D eigenvalue weighted by atomic mass is 10.1. The van der Waals surface area contributed by atoms with Crippen LogP contribution in [0, 0.1) is 0 Å². The Balaban J connectivity index is 2.05. The second kappa shape index (κ2) is 6.25. The molecule has 0 radical (unpaired) electrons. The van der Waals surface area contributed by atoms with Gasteiger partial charge in [0.2, 0.25) is 0 Å². The first-order valence-corrected chi connectivity index (χ1v) is 8.24. The van der Waals surface area contributed by atoms with Gasteiger partial charge in [-0.1, -0.05) is 15.9 Å². The third-order valence-corrected chi connectivity index (χ3v) is 5.07. The van der Waals surface area contributed by atoms with E-state index in [4.69, 9.17) is 0 Å². The second-order valence-electron chi connectivity index (χ2n) is 4.01. The number of halogens is 2. The van der Waals surface area contributed by atoms with E-state index in [0.29, 0.717) is 11.6 Å². The Hall–Kier alpha value is -0.000000000000000111. The summed E-state index contributed by atoms with van der Waals surface area (Å²) in [6, 6.07) is 5.95. The first kappa shape index (κ1) is 13.4. The molecule has 1 heterocycles. The van der Waals surface area contributed by atoms with Crippen LogP contribution < -0.4 is 5.32 Å². The van der Waals surface area contributed by atoms with Gasteiger partial charge in [0.05, 0.1) is 5.56 Å². The molecule has 1 aliphatic heterocycles. The SMILES string of the molecule is O=C(NC1CCCSC1)c1cc(Br)ccc1Br. The molecule has 92 valence electrons. The van der Waals surface area contributed by atoms with Crippen LogP contribution in [0.25, 0.3) is 0 Å². The molecule has 2 rings (SSSR count). The number of amides is 1. The number of carbonyl (C=O) groups is 1. The van der Waals surface area contributed by atoms with Gasteiger partial charge >= 0.3 is 0 Å². The van der Waals surface area contributed by atoms with Crippen molar-refractivity contribution in [2.45, 2.75) is 18.9 Å². The zero-order valence-corrected chi connectivity index (χ0v) is 13.2. The molecule has 0 aliphatic carbocycles. The van der Waals surface area contributed by atoms with E-state index >= 15 is 0 Å². The van der Waals surface area contributed by atoms with Gasteiger partial charge in [0.25, 0.3) is 5.91 Å². The lowest BCUT2D eigenvalue weighted by molar-refractivity contribution is 0.0938. The average Bonchev–Trinajstić information content (AvgIpc) is 2.33. The Morgan fingerprint density at radius 1 is 1.41 bits per heavy atom. The topological polar surface area (TPSA) is 29.1 Å². The Morgan fingerprint density at radius 3 is 2.94 bits per heavy atom. The minimum absolute atomic E-state index is 0.00525. The fourth-order valence-corrected chi connectivity index (χ4v) is 3.65. The summed E-state index contributed by atoms with van der Waals surface area (Å²) in [6.07, 6.45) is 2.28. The number of nitrogens with one attached hydrogen (secondary N) is 1. The van der Waals surface area contributed by atoms with Gasteiger partial charge in [0.1, 0.15) is 0 Å². The minimum atomic E-state index is 0.00525. The number of thioether (sulfide) groups is 1. The maximum Gasteiger partial charge on any atom is 0.252 e. The fraction of sp³-hybridized carbons (Fsp3) is 0.417. The molecule has 17 heavy (non-hydrogen) atoms. The molecule has 1 aromatic rings. The van der Waals surface area contributed by atoms with Crippen LogP contribution in [0.2, 0.25) is 0 Å². The molecule has 1 atom stereocenters. The lowest BCUT2D eigenvalue weighted by Gasteiger charge is -2.22. The molecule has 0 bridgehead atoms. The molecular weight excluding hydrogens is 366 g/mol. The van der Waals surface area contributed by atoms with Crippen LogP contribution in [0.15, 0.2) is 27.1 Å². The molecule has 2 nitrogen and oxygen atoms in total. The molecular formula is C12H13Br2NOS. The number of hydrogen-bond donors (Lipinski definition) is 1. The molecule has 0 spiro atoms. The van der Waals surface area contributed by atoms with E-state index in [-0.39, 0.29) is 5.91 Å². The van der Waals surface area contributed by atoms with Crippen LogP contribution in [-0.4, -0.2) is 23.5 Å². The fourth-order valence-electron chi connectivity index (χ4n) is 1.79. The molecule has 0 saturated carbocycles. The van der Waals surface area contributed by atoms with E-state index in [1.165, 1.54) is 12.2 Å². The van der Waals surface area contributed by atoms with Gasteiger partial charge in [-0.2, -0.15) is 11.8 Å². The normalized spacial score (nSPS) is 20.0. The van der Waals surface area contributed by atoms with Crippen molar-refractivity contribution in [3.05, 3.63) is 32.7 Å². The molecule has 1 saturated heterocycles. The van der Waals surface area contributed by atoms with Crippen LogP contribution in [0.3, 0.4) is 0 Å². The largest absolute Gasteiger partial charge is 0.348 e. The van der Waals surface area contributed by atoms with E-state index in [1.54, 1.807) is 0 Å². The van der Waals surface area contributed by atoms with Gasteiger partial charge in [-0.05, 0) is 52.7 Å². The van der Waals surface area contributed by atoms with Gasteiger partial charge in [-0.25, -0.2) is 0 Å². The Kier molecular flexibility index (Phi) is 4.94. The zero-order valence-electron chi connectivity index (χ0n) is 9.21. The van der Waals surface area contributed by atoms with Crippen LogP contribution >= 0.6 is 43.6 Å². The van der Waals surface area contributed by atoms with E-state index < -0.39 is 0 Å². The Bertz CT molecular complexity index is 419. The van der Waals surface area contributed by atoms with E-state index in [2.05, 4.69) is 37.2 Å². The van der Waals surface area contributed by atoms with Crippen LogP contribution in [0.1, 0.15) is 23.2 Å². The first-order chi connectivity index (χ1) is 8.16. The van der Waals surface area contributed by atoms with Crippen molar-refractivity contribution in [3.8, 4) is 0 Å². The zero-order chi connectivity index (χ0) is 12.3. The summed E-state index contributed by atoms with van der Waals surface area (Å²) in [6.45, 7) is 0. The minimum Gasteiger partial charge on any atom is -0.348 e. The van der Waals surface area contributed by atoms with E-state index in [9.17, 15) is 4.79 Å².